The summed E-state index contributed by atoms with van der Waals surface area (Å²) in [6, 6.07) is 0.742. The van der Waals surface area contributed by atoms with Gasteiger partial charge in [0.1, 0.15) is 0 Å². The molecule has 0 atom stereocenters. The van der Waals surface area contributed by atoms with Gasteiger partial charge in [0, 0.05) is 17.3 Å². The molecule has 1 aromatic rings. The number of hydrogen-bond donors (Lipinski definition) is 1. The van der Waals surface area contributed by atoms with E-state index >= 15 is 0 Å². The van der Waals surface area contributed by atoms with Gasteiger partial charge in [0.15, 0.2) is 0 Å². The molecule has 16 heavy (non-hydrogen) atoms. The van der Waals surface area contributed by atoms with E-state index in [1.165, 1.54) is 42.8 Å². The molecule has 1 N–H and O–H groups in total. The van der Waals surface area contributed by atoms with E-state index in [1.807, 2.05) is 11.3 Å². The molecule has 1 heterocycles. The van der Waals surface area contributed by atoms with E-state index in [2.05, 4.69) is 24.7 Å². The predicted octanol–water partition coefficient (Wildman–Crippen LogP) is 3.34. The first-order valence-corrected chi connectivity index (χ1v) is 7.33. The predicted molar refractivity (Wildman–Crippen MR) is 70.2 cm³/mol. The summed E-state index contributed by atoms with van der Waals surface area (Å²) in [5, 5.41) is 7.02. The lowest BCUT2D eigenvalue weighted by molar-refractivity contribution is 0.358. The van der Waals surface area contributed by atoms with Crippen LogP contribution < -0.4 is 5.32 Å². The minimum absolute atomic E-state index is 0.736. The minimum Gasteiger partial charge on any atom is -0.317 e. The summed E-state index contributed by atoms with van der Waals surface area (Å²) in [6.45, 7) is 2.22. The molecule has 1 aromatic heterocycles. The maximum absolute atomic E-state index is 4.77. The number of nitrogens with one attached hydrogen (secondary N) is 1. The minimum atomic E-state index is 0.736. The van der Waals surface area contributed by atoms with Gasteiger partial charge in [0.2, 0.25) is 0 Å². The standard InChI is InChI=1S/C13H22N2S/c1-3-4-12-9-16-13(15-12)10-5-7-11(14-2)8-6-10/h9-11,14H,3-8H2,1-2H3. The van der Waals surface area contributed by atoms with Crippen molar-refractivity contribution in [3.05, 3.63) is 16.1 Å². The third-order valence-electron chi connectivity index (χ3n) is 3.56. The topological polar surface area (TPSA) is 24.9 Å². The van der Waals surface area contributed by atoms with Crippen LogP contribution in [0.25, 0.3) is 0 Å². The quantitative estimate of drug-likeness (QED) is 0.870. The van der Waals surface area contributed by atoms with Crippen LogP contribution in [0.15, 0.2) is 5.38 Å². The van der Waals surface area contributed by atoms with Gasteiger partial charge in [-0.1, -0.05) is 13.3 Å². The van der Waals surface area contributed by atoms with Crippen LogP contribution in [0.3, 0.4) is 0 Å². The van der Waals surface area contributed by atoms with Crippen molar-refractivity contribution >= 4 is 11.3 Å². The van der Waals surface area contributed by atoms with Gasteiger partial charge < -0.3 is 5.32 Å². The molecule has 2 rings (SSSR count). The van der Waals surface area contributed by atoms with Gasteiger partial charge in [0.05, 0.1) is 10.7 Å². The van der Waals surface area contributed by atoms with Crippen molar-refractivity contribution < 1.29 is 0 Å². The Morgan fingerprint density at radius 3 is 2.75 bits per heavy atom. The first kappa shape index (κ1) is 12.1. The molecule has 1 aliphatic rings. The highest BCUT2D eigenvalue weighted by Gasteiger charge is 2.23. The molecular formula is C13H22N2S. The van der Waals surface area contributed by atoms with Crippen LogP contribution in [0.1, 0.15) is 55.6 Å². The summed E-state index contributed by atoms with van der Waals surface area (Å²) in [4.78, 5) is 4.77. The third kappa shape index (κ3) is 2.83. The maximum atomic E-state index is 4.77. The van der Waals surface area contributed by atoms with Crippen LogP contribution >= 0.6 is 11.3 Å². The molecule has 1 saturated carbocycles. The highest BCUT2D eigenvalue weighted by Crippen LogP contribution is 2.34. The molecule has 0 aromatic carbocycles. The zero-order valence-electron chi connectivity index (χ0n) is 10.3. The summed E-state index contributed by atoms with van der Waals surface area (Å²) in [6.07, 6.45) is 7.58. The Morgan fingerprint density at radius 1 is 1.38 bits per heavy atom. The van der Waals surface area contributed by atoms with Crippen molar-refractivity contribution in [2.75, 3.05) is 7.05 Å². The lowest BCUT2D eigenvalue weighted by Crippen LogP contribution is -2.29. The van der Waals surface area contributed by atoms with Crippen LogP contribution in [0.2, 0.25) is 0 Å². The number of aromatic nitrogens is 1. The number of rotatable bonds is 4. The lowest BCUT2D eigenvalue weighted by atomic mass is 9.86. The maximum Gasteiger partial charge on any atom is 0.0959 e. The van der Waals surface area contributed by atoms with Crippen LogP contribution in [-0.2, 0) is 6.42 Å². The second kappa shape index (κ2) is 5.78. The first-order chi connectivity index (χ1) is 7.83. The summed E-state index contributed by atoms with van der Waals surface area (Å²) < 4.78 is 0. The second-order valence-electron chi connectivity index (χ2n) is 4.76. The van der Waals surface area contributed by atoms with Crippen molar-refractivity contribution in [1.82, 2.24) is 10.3 Å². The third-order valence-corrected chi connectivity index (χ3v) is 4.62. The van der Waals surface area contributed by atoms with Gasteiger partial charge in [-0.05, 0) is 39.2 Å². The van der Waals surface area contributed by atoms with E-state index < -0.39 is 0 Å². The van der Waals surface area contributed by atoms with E-state index in [-0.39, 0.29) is 0 Å². The zero-order valence-corrected chi connectivity index (χ0v) is 11.1. The molecule has 2 nitrogen and oxygen atoms in total. The fourth-order valence-corrected chi connectivity index (χ4v) is 3.54. The van der Waals surface area contributed by atoms with Crippen molar-refractivity contribution in [3.63, 3.8) is 0 Å². The van der Waals surface area contributed by atoms with E-state index in [9.17, 15) is 0 Å². The van der Waals surface area contributed by atoms with Crippen molar-refractivity contribution in [3.8, 4) is 0 Å². The number of nitrogens with zero attached hydrogens (tertiary/aromatic N) is 1. The molecule has 0 radical (unpaired) electrons. The molecular weight excluding hydrogens is 216 g/mol. The zero-order chi connectivity index (χ0) is 11.4. The highest BCUT2D eigenvalue weighted by atomic mass is 32.1. The van der Waals surface area contributed by atoms with Crippen molar-refractivity contribution in [2.45, 2.75) is 57.4 Å². The Bertz CT molecular complexity index is 313. The van der Waals surface area contributed by atoms with Gasteiger partial charge in [-0.25, -0.2) is 4.98 Å². The first-order valence-electron chi connectivity index (χ1n) is 6.45. The normalized spacial score (nSPS) is 25.9. The molecule has 0 aliphatic heterocycles. The number of hydrogen-bond acceptors (Lipinski definition) is 3. The van der Waals surface area contributed by atoms with Crippen LogP contribution in [0.4, 0.5) is 0 Å². The van der Waals surface area contributed by atoms with Crippen LogP contribution in [0.5, 0.6) is 0 Å². The fourth-order valence-electron chi connectivity index (χ4n) is 2.51. The largest absolute Gasteiger partial charge is 0.317 e. The van der Waals surface area contributed by atoms with E-state index in [1.54, 1.807) is 0 Å². The molecule has 0 bridgehead atoms. The Morgan fingerprint density at radius 2 is 2.12 bits per heavy atom. The van der Waals surface area contributed by atoms with Crippen LogP contribution in [-0.4, -0.2) is 18.1 Å². The van der Waals surface area contributed by atoms with Crippen molar-refractivity contribution in [2.24, 2.45) is 0 Å². The fraction of sp³-hybridized carbons (Fsp3) is 0.769. The van der Waals surface area contributed by atoms with E-state index in [0.717, 1.165) is 18.4 Å². The smallest absolute Gasteiger partial charge is 0.0959 e. The SMILES string of the molecule is CCCc1csc(C2CCC(NC)CC2)n1. The summed E-state index contributed by atoms with van der Waals surface area (Å²) in [5.41, 5.74) is 1.30. The highest BCUT2D eigenvalue weighted by molar-refractivity contribution is 7.09. The van der Waals surface area contributed by atoms with Gasteiger partial charge in [0.25, 0.3) is 0 Å². The van der Waals surface area contributed by atoms with E-state index in [0.29, 0.717) is 0 Å². The van der Waals surface area contributed by atoms with Gasteiger partial charge in [-0.15, -0.1) is 11.3 Å². The summed E-state index contributed by atoms with van der Waals surface area (Å²) in [7, 11) is 2.08. The Kier molecular flexibility index (Phi) is 4.36. The van der Waals surface area contributed by atoms with Crippen molar-refractivity contribution in [1.29, 1.82) is 0 Å². The van der Waals surface area contributed by atoms with E-state index in [4.69, 9.17) is 4.98 Å². The summed E-state index contributed by atoms with van der Waals surface area (Å²) in [5.74, 6) is 0.736. The van der Waals surface area contributed by atoms with Gasteiger partial charge >= 0.3 is 0 Å². The average molecular weight is 238 g/mol. The molecule has 0 saturated heterocycles. The average Bonchev–Trinajstić information content (AvgIpc) is 2.78. The number of thiazole rings is 1. The molecule has 0 spiro atoms. The number of aryl methyl sites for hydroxylation is 1. The monoisotopic (exact) mass is 238 g/mol. The molecule has 0 unspecified atom stereocenters. The second-order valence-corrected chi connectivity index (χ2v) is 5.65. The Balaban J connectivity index is 1.92. The van der Waals surface area contributed by atoms with Crippen LogP contribution in [0, 0.1) is 0 Å². The molecule has 90 valence electrons. The molecule has 1 aliphatic carbocycles. The van der Waals surface area contributed by atoms with Gasteiger partial charge in [-0.3, -0.25) is 0 Å². The lowest BCUT2D eigenvalue weighted by Gasteiger charge is -2.26. The molecule has 0 amide bonds. The summed E-state index contributed by atoms with van der Waals surface area (Å²) >= 11 is 1.87. The Labute approximate surface area is 102 Å². The molecule has 3 heteroatoms. The molecule has 1 fully saturated rings. The Hall–Kier alpha value is -0.410. The van der Waals surface area contributed by atoms with Gasteiger partial charge in [-0.2, -0.15) is 0 Å².